The number of hydrogen-bond donors (Lipinski definition) is 0. The van der Waals surface area contributed by atoms with Crippen molar-refractivity contribution in [2.45, 2.75) is 6.54 Å². The highest BCUT2D eigenvalue weighted by molar-refractivity contribution is 8.93. The van der Waals surface area contributed by atoms with Crippen molar-refractivity contribution in [1.82, 2.24) is 9.88 Å². The van der Waals surface area contributed by atoms with Crippen molar-refractivity contribution >= 4 is 34.4 Å². The zero-order chi connectivity index (χ0) is 13.9. The molecule has 0 radical (unpaired) electrons. The Morgan fingerprint density at radius 2 is 2.24 bits per heavy atom. The lowest BCUT2D eigenvalue weighted by atomic mass is 10.1. The quantitative estimate of drug-likeness (QED) is 0.827. The van der Waals surface area contributed by atoms with E-state index in [2.05, 4.69) is 4.98 Å². The van der Waals surface area contributed by atoms with Crippen LogP contribution in [0.4, 0.5) is 4.79 Å². The summed E-state index contributed by atoms with van der Waals surface area (Å²) < 4.78 is 10.2. The van der Waals surface area contributed by atoms with Gasteiger partial charge in [-0.2, -0.15) is 0 Å². The highest BCUT2D eigenvalue weighted by atomic mass is 79.9. The van der Waals surface area contributed by atoms with Crippen LogP contribution in [-0.4, -0.2) is 36.2 Å². The molecule has 0 unspecified atom stereocenters. The van der Waals surface area contributed by atoms with Gasteiger partial charge in [0.25, 0.3) is 0 Å². The topological polar surface area (TPSA) is 51.7 Å². The average molecular weight is 371 g/mol. The maximum absolute atomic E-state index is 11.4. The molecule has 1 aromatic heterocycles. The van der Waals surface area contributed by atoms with Crippen molar-refractivity contribution in [2.24, 2.45) is 0 Å². The number of para-hydroxylation sites is 1. The first-order chi connectivity index (χ1) is 9.78. The highest BCUT2D eigenvalue weighted by Gasteiger charge is 2.23. The average Bonchev–Trinajstić information content (AvgIpc) is 3.09. The molecule has 1 aromatic carbocycles. The molecule has 5 nitrogen and oxygen atoms in total. The van der Waals surface area contributed by atoms with Crippen LogP contribution in [-0.2, 0) is 11.3 Å². The van der Waals surface area contributed by atoms with Gasteiger partial charge in [-0.05, 0) is 12.1 Å². The Kier molecular flexibility index (Phi) is 5.19. The second-order valence-electron chi connectivity index (χ2n) is 4.36. The van der Waals surface area contributed by atoms with Gasteiger partial charge in [-0.25, -0.2) is 9.78 Å². The van der Waals surface area contributed by atoms with Gasteiger partial charge in [0.05, 0.1) is 25.9 Å². The van der Waals surface area contributed by atoms with Crippen LogP contribution in [0.5, 0.6) is 5.75 Å². The van der Waals surface area contributed by atoms with Crippen molar-refractivity contribution < 1.29 is 14.3 Å². The standard InChI is InChI=1S/C14H14N2O3S.BrH/c1-18-12-5-3-2-4-10(12)11-9-20-13(15-11)8-16-6-7-19-14(16)17;/h2-5,9H,6-8H2,1H3;1H. The summed E-state index contributed by atoms with van der Waals surface area (Å²) in [5.74, 6) is 0.796. The van der Waals surface area contributed by atoms with E-state index in [-0.39, 0.29) is 23.1 Å². The zero-order valence-electron chi connectivity index (χ0n) is 11.4. The summed E-state index contributed by atoms with van der Waals surface area (Å²) in [7, 11) is 1.65. The Labute approximate surface area is 137 Å². The highest BCUT2D eigenvalue weighted by Crippen LogP contribution is 2.30. The normalized spacial score (nSPS) is 13.8. The molecule has 0 saturated carbocycles. The summed E-state index contributed by atoms with van der Waals surface area (Å²) in [5.41, 5.74) is 1.83. The van der Waals surface area contributed by atoms with Crippen molar-refractivity contribution in [3.8, 4) is 17.0 Å². The molecule has 1 amide bonds. The number of amides is 1. The molecule has 7 heteroatoms. The number of carbonyl (C=O) groups is 1. The summed E-state index contributed by atoms with van der Waals surface area (Å²) in [5, 5.41) is 2.87. The van der Waals surface area contributed by atoms with Gasteiger partial charge in [-0.1, -0.05) is 12.1 Å². The largest absolute Gasteiger partial charge is 0.496 e. The van der Waals surface area contributed by atoms with Crippen LogP contribution in [0, 0.1) is 0 Å². The van der Waals surface area contributed by atoms with Crippen LogP contribution in [0.15, 0.2) is 29.6 Å². The predicted octanol–water partition coefficient (Wildman–Crippen LogP) is 3.35. The van der Waals surface area contributed by atoms with E-state index in [0.717, 1.165) is 22.0 Å². The minimum atomic E-state index is -0.265. The number of cyclic esters (lactones) is 1. The Hall–Kier alpha value is -1.60. The van der Waals surface area contributed by atoms with Gasteiger partial charge in [-0.15, -0.1) is 28.3 Å². The third kappa shape index (κ3) is 3.36. The van der Waals surface area contributed by atoms with Crippen LogP contribution >= 0.6 is 28.3 Å². The molecule has 112 valence electrons. The number of nitrogens with zero attached hydrogens (tertiary/aromatic N) is 2. The van der Waals surface area contributed by atoms with E-state index in [1.807, 2.05) is 29.6 Å². The van der Waals surface area contributed by atoms with Gasteiger partial charge in [-0.3, -0.25) is 4.90 Å². The third-order valence-electron chi connectivity index (χ3n) is 3.11. The molecule has 1 saturated heterocycles. The van der Waals surface area contributed by atoms with Crippen molar-refractivity contribution in [3.05, 3.63) is 34.7 Å². The van der Waals surface area contributed by atoms with Crippen LogP contribution in [0.3, 0.4) is 0 Å². The van der Waals surface area contributed by atoms with Crippen LogP contribution in [0.2, 0.25) is 0 Å². The molecular formula is C14H15BrN2O3S. The maximum atomic E-state index is 11.4. The number of hydrogen-bond acceptors (Lipinski definition) is 5. The maximum Gasteiger partial charge on any atom is 0.410 e. The second kappa shape index (κ2) is 6.91. The fourth-order valence-electron chi connectivity index (χ4n) is 2.10. The minimum Gasteiger partial charge on any atom is -0.496 e. The summed E-state index contributed by atoms with van der Waals surface area (Å²) in [6, 6.07) is 7.76. The molecule has 1 aliphatic heterocycles. The molecule has 1 fully saturated rings. The smallest absolute Gasteiger partial charge is 0.410 e. The van der Waals surface area contributed by atoms with Gasteiger partial charge in [0.2, 0.25) is 0 Å². The Morgan fingerprint density at radius 1 is 1.43 bits per heavy atom. The summed E-state index contributed by atoms with van der Waals surface area (Å²) in [6.45, 7) is 1.59. The molecule has 1 aliphatic rings. The van der Waals surface area contributed by atoms with Crippen molar-refractivity contribution in [2.75, 3.05) is 20.3 Å². The minimum absolute atomic E-state index is 0. The lowest BCUT2D eigenvalue weighted by Crippen LogP contribution is -2.23. The lowest BCUT2D eigenvalue weighted by Gasteiger charge is -2.09. The second-order valence-corrected chi connectivity index (χ2v) is 5.31. The van der Waals surface area contributed by atoms with E-state index in [1.165, 1.54) is 11.3 Å². The van der Waals surface area contributed by atoms with Crippen molar-refractivity contribution in [3.63, 3.8) is 0 Å². The first kappa shape index (κ1) is 15.8. The van der Waals surface area contributed by atoms with E-state index in [4.69, 9.17) is 9.47 Å². The SMILES string of the molecule is Br.COc1ccccc1-c1csc(CN2CCOC2=O)n1. The zero-order valence-corrected chi connectivity index (χ0v) is 14.0. The third-order valence-corrected chi connectivity index (χ3v) is 3.94. The van der Waals surface area contributed by atoms with E-state index in [1.54, 1.807) is 12.0 Å². The monoisotopic (exact) mass is 370 g/mol. The van der Waals surface area contributed by atoms with E-state index in [0.29, 0.717) is 19.7 Å². The predicted molar refractivity (Wildman–Crippen MR) is 86.2 cm³/mol. The Morgan fingerprint density at radius 3 is 2.95 bits per heavy atom. The van der Waals surface area contributed by atoms with E-state index < -0.39 is 0 Å². The Bertz CT molecular complexity index is 632. The number of benzene rings is 1. The van der Waals surface area contributed by atoms with Crippen LogP contribution in [0.1, 0.15) is 5.01 Å². The number of thiazole rings is 1. The molecule has 2 aromatic rings. The molecule has 2 heterocycles. The molecule has 3 rings (SSSR count). The number of carbonyl (C=O) groups excluding carboxylic acids is 1. The molecule has 0 N–H and O–H groups in total. The molecule has 0 atom stereocenters. The fraction of sp³-hybridized carbons (Fsp3) is 0.286. The van der Waals surface area contributed by atoms with E-state index in [9.17, 15) is 4.79 Å². The first-order valence-electron chi connectivity index (χ1n) is 6.27. The number of rotatable bonds is 4. The van der Waals surface area contributed by atoms with Gasteiger partial charge in [0, 0.05) is 10.9 Å². The van der Waals surface area contributed by atoms with E-state index >= 15 is 0 Å². The van der Waals surface area contributed by atoms with Crippen molar-refractivity contribution in [1.29, 1.82) is 0 Å². The van der Waals surface area contributed by atoms with Gasteiger partial charge >= 0.3 is 6.09 Å². The van der Waals surface area contributed by atoms with Gasteiger partial charge in [0.15, 0.2) is 0 Å². The Balaban J connectivity index is 0.00000161. The number of aromatic nitrogens is 1. The van der Waals surface area contributed by atoms with Crippen LogP contribution in [0.25, 0.3) is 11.3 Å². The fourth-order valence-corrected chi connectivity index (χ4v) is 2.90. The number of methoxy groups -OCH3 is 1. The first-order valence-corrected chi connectivity index (χ1v) is 7.15. The molecule has 0 aliphatic carbocycles. The molecule has 0 bridgehead atoms. The summed E-state index contributed by atoms with van der Waals surface area (Å²) >= 11 is 1.54. The number of ether oxygens (including phenoxy) is 2. The number of halogens is 1. The molecule has 21 heavy (non-hydrogen) atoms. The van der Waals surface area contributed by atoms with Crippen LogP contribution < -0.4 is 4.74 Å². The molecule has 0 spiro atoms. The van der Waals surface area contributed by atoms with Gasteiger partial charge < -0.3 is 9.47 Å². The van der Waals surface area contributed by atoms with Gasteiger partial charge in [0.1, 0.15) is 17.4 Å². The summed E-state index contributed by atoms with van der Waals surface area (Å²) in [6.07, 6.45) is -0.265. The summed E-state index contributed by atoms with van der Waals surface area (Å²) in [4.78, 5) is 17.7. The lowest BCUT2D eigenvalue weighted by molar-refractivity contribution is 0.157. The molecular weight excluding hydrogens is 356 g/mol.